The molecule has 0 aliphatic rings. The second-order valence-electron chi connectivity index (χ2n) is 3.44. The summed E-state index contributed by atoms with van der Waals surface area (Å²) in [6, 6.07) is 2.13. The molecule has 0 fully saturated rings. The van der Waals surface area contributed by atoms with Gasteiger partial charge in [0.25, 0.3) is 0 Å². The lowest BCUT2D eigenvalue weighted by Gasteiger charge is -2.07. The first kappa shape index (κ1) is 10.6. The highest BCUT2D eigenvalue weighted by Crippen LogP contribution is 2.02. The van der Waals surface area contributed by atoms with E-state index in [-0.39, 0.29) is 6.04 Å². The molecule has 0 unspecified atom stereocenters. The number of aliphatic imine (C=N–C) groups is 1. The first-order valence-corrected chi connectivity index (χ1v) is 4.56. The molecule has 14 heavy (non-hydrogen) atoms. The van der Waals surface area contributed by atoms with Crippen LogP contribution in [0.5, 0.6) is 0 Å². The maximum absolute atomic E-state index is 5.61. The number of guanidine groups is 1. The lowest BCUT2D eigenvalue weighted by molar-refractivity contribution is 0.381. The zero-order valence-electron chi connectivity index (χ0n) is 8.74. The van der Waals surface area contributed by atoms with Crippen molar-refractivity contribution in [1.29, 1.82) is 0 Å². The van der Waals surface area contributed by atoms with Gasteiger partial charge in [-0.15, -0.1) is 0 Å². The number of hydrogen-bond donors (Lipinski definition) is 2. The number of nitrogens with one attached hydrogen (secondary N) is 1. The van der Waals surface area contributed by atoms with Crippen molar-refractivity contribution in [3.8, 4) is 0 Å². The largest absolute Gasteiger partial charge is 0.370 e. The van der Waals surface area contributed by atoms with Gasteiger partial charge in [-0.2, -0.15) is 0 Å². The van der Waals surface area contributed by atoms with Crippen LogP contribution in [-0.4, -0.2) is 17.2 Å². The van der Waals surface area contributed by atoms with E-state index in [0.717, 1.165) is 11.5 Å². The fourth-order valence-electron chi connectivity index (χ4n) is 0.995. The van der Waals surface area contributed by atoms with Crippen LogP contribution in [0.1, 0.15) is 25.3 Å². The fraction of sp³-hybridized carbons (Fsp3) is 0.556. The minimum absolute atomic E-state index is 0.287. The van der Waals surface area contributed by atoms with Gasteiger partial charge in [0.2, 0.25) is 0 Å². The Balaban J connectivity index is 2.46. The van der Waals surface area contributed by atoms with Crippen molar-refractivity contribution in [3.63, 3.8) is 0 Å². The molecule has 0 spiro atoms. The van der Waals surface area contributed by atoms with Crippen molar-refractivity contribution in [3.05, 3.63) is 17.5 Å². The maximum Gasteiger partial charge on any atom is 0.189 e. The Morgan fingerprint density at radius 1 is 1.71 bits per heavy atom. The molecule has 1 rings (SSSR count). The van der Waals surface area contributed by atoms with Crippen molar-refractivity contribution in [1.82, 2.24) is 10.5 Å². The highest BCUT2D eigenvalue weighted by atomic mass is 16.5. The summed E-state index contributed by atoms with van der Waals surface area (Å²) in [4.78, 5) is 4.10. The molecule has 0 bridgehead atoms. The molecule has 0 radical (unpaired) electrons. The third-order valence-corrected chi connectivity index (χ3v) is 1.52. The van der Waals surface area contributed by atoms with Gasteiger partial charge in [-0.1, -0.05) is 5.16 Å². The van der Waals surface area contributed by atoms with Gasteiger partial charge >= 0.3 is 0 Å². The van der Waals surface area contributed by atoms with E-state index in [1.54, 1.807) is 0 Å². The second-order valence-corrected chi connectivity index (χ2v) is 3.44. The SMILES string of the molecule is Cc1cc(CN=C(N)NC(C)C)on1. The smallest absolute Gasteiger partial charge is 0.189 e. The Labute approximate surface area is 83.4 Å². The molecule has 0 aliphatic carbocycles. The minimum Gasteiger partial charge on any atom is -0.370 e. The molecule has 0 aromatic carbocycles. The average molecular weight is 196 g/mol. The van der Waals surface area contributed by atoms with Gasteiger partial charge in [0.1, 0.15) is 6.54 Å². The van der Waals surface area contributed by atoms with Crippen LogP contribution in [0.25, 0.3) is 0 Å². The number of aryl methyl sites for hydroxylation is 1. The van der Waals surface area contributed by atoms with E-state index >= 15 is 0 Å². The summed E-state index contributed by atoms with van der Waals surface area (Å²) >= 11 is 0. The third kappa shape index (κ3) is 3.47. The van der Waals surface area contributed by atoms with Gasteiger partial charge in [0, 0.05) is 12.1 Å². The average Bonchev–Trinajstić information content (AvgIpc) is 2.47. The van der Waals surface area contributed by atoms with Crippen molar-refractivity contribution >= 4 is 5.96 Å². The van der Waals surface area contributed by atoms with E-state index in [1.807, 2.05) is 26.8 Å². The Morgan fingerprint density at radius 2 is 2.43 bits per heavy atom. The molecule has 3 N–H and O–H groups in total. The normalized spacial score (nSPS) is 12.1. The summed E-state index contributed by atoms with van der Waals surface area (Å²) in [7, 11) is 0. The Morgan fingerprint density at radius 3 is 2.93 bits per heavy atom. The van der Waals surface area contributed by atoms with Crippen LogP contribution in [0.15, 0.2) is 15.6 Å². The molecule has 0 saturated carbocycles. The van der Waals surface area contributed by atoms with Crippen LogP contribution in [0.4, 0.5) is 0 Å². The summed E-state index contributed by atoms with van der Waals surface area (Å²) in [5.41, 5.74) is 6.46. The van der Waals surface area contributed by atoms with Gasteiger partial charge in [0.15, 0.2) is 11.7 Å². The van der Waals surface area contributed by atoms with Gasteiger partial charge in [-0.3, -0.25) is 0 Å². The maximum atomic E-state index is 5.61. The second kappa shape index (κ2) is 4.64. The summed E-state index contributed by atoms with van der Waals surface area (Å²) < 4.78 is 4.98. The molecule has 1 aromatic rings. The van der Waals surface area contributed by atoms with Crippen molar-refractivity contribution in [2.75, 3.05) is 0 Å². The van der Waals surface area contributed by atoms with Gasteiger partial charge in [0.05, 0.1) is 5.69 Å². The van der Waals surface area contributed by atoms with E-state index in [4.69, 9.17) is 10.3 Å². The van der Waals surface area contributed by atoms with E-state index in [1.165, 1.54) is 0 Å². The lowest BCUT2D eigenvalue weighted by atomic mass is 10.4. The predicted molar refractivity (Wildman–Crippen MR) is 54.8 cm³/mol. The quantitative estimate of drug-likeness (QED) is 0.553. The van der Waals surface area contributed by atoms with Crippen molar-refractivity contribution < 1.29 is 4.52 Å². The molecule has 1 heterocycles. The fourth-order valence-corrected chi connectivity index (χ4v) is 0.995. The van der Waals surface area contributed by atoms with Crippen LogP contribution in [0.3, 0.4) is 0 Å². The molecule has 0 atom stereocenters. The first-order valence-electron chi connectivity index (χ1n) is 4.56. The van der Waals surface area contributed by atoms with Gasteiger partial charge in [-0.25, -0.2) is 4.99 Å². The summed E-state index contributed by atoms with van der Waals surface area (Å²) in [5.74, 6) is 1.14. The Hall–Kier alpha value is -1.52. The van der Waals surface area contributed by atoms with Gasteiger partial charge in [-0.05, 0) is 20.8 Å². The van der Waals surface area contributed by atoms with E-state index in [9.17, 15) is 0 Å². The van der Waals surface area contributed by atoms with E-state index in [2.05, 4.69) is 15.5 Å². The van der Waals surface area contributed by atoms with Crippen LogP contribution >= 0.6 is 0 Å². The highest BCUT2D eigenvalue weighted by molar-refractivity contribution is 5.77. The van der Waals surface area contributed by atoms with Gasteiger partial charge < -0.3 is 15.6 Å². The Kier molecular flexibility index (Phi) is 3.50. The van der Waals surface area contributed by atoms with E-state index < -0.39 is 0 Å². The molecule has 78 valence electrons. The van der Waals surface area contributed by atoms with Crippen LogP contribution in [-0.2, 0) is 6.54 Å². The monoisotopic (exact) mass is 196 g/mol. The molecule has 0 saturated heterocycles. The molecule has 0 amide bonds. The van der Waals surface area contributed by atoms with Crippen molar-refractivity contribution in [2.45, 2.75) is 33.4 Å². The number of nitrogens with zero attached hydrogens (tertiary/aromatic N) is 2. The van der Waals surface area contributed by atoms with Crippen LogP contribution < -0.4 is 11.1 Å². The standard InChI is InChI=1S/C9H16N4O/c1-6(2)12-9(10)11-5-8-4-7(3)13-14-8/h4,6H,5H2,1-3H3,(H3,10,11,12). The number of hydrogen-bond acceptors (Lipinski definition) is 3. The minimum atomic E-state index is 0.287. The predicted octanol–water partition coefficient (Wildman–Crippen LogP) is 0.796. The third-order valence-electron chi connectivity index (χ3n) is 1.52. The topological polar surface area (TPSA) is 76.4 Å². The molecule has 1 aromatic heterocycles. The zero-order valence-corrected chi connectivity index (χ0v) is 8.74. The number of aromatic nitrogens is 1. The molecular formula is C9H16N4O. The molecule has 5 nitrogen and oxygen atoms in total. The highest BCUT2D eigenvalue weighted by Gasteiger charge is 2.00. The number of nitrogens with two attached hydrogens (primary N) is 1. The molecule has 5 heteroatoms. The van der Waals surface area contributed by atoms with E-state index in [0.29, 0.717) is 12.5 Å². The zero-order chi connectivity index (χ0) is 10.6. The lowest BCUT2D eigenvalue weighted by Crippen LogP contribution is -2.36. The molecule has 0 aliphatic heterocycles. The number of rotatable bonds is 3. The first-order chi connectivity index (χ1) is 6.58. The molecular weight excluding hydrogens is 180 g/mol. The summed E-state index contributed by atoms with van der Waals surface area (Å²) in [6.07, 6.45) is 0. The summed E-state index contributed by atoms with van der Waals surface area (Å²) in [5, 5.41) is 6.74. The Bertz CT molecular complexity index is 316. The summed E-state index contributed by atoms with van der Waals surface area (Å²) in [6.45, 7) is 6.29. The van der Waals surface area contributed by atoms with Crippen LogP contribution in [0.2, 0.25) is 0 Å². The van der Waals surface area contributed by atoms with Crippen molar-refractivity contribution in [2.24, 2.45) is 10.7 Å². The van der Waals surface area contributed by atoms with Crippen LogP contribution in [0, 0.1) is 6.92 Å².